The lowest BCUT2D eigenvalue weighted by Gasteiger charge is -2.10. The minimum atomic E-state index is 0.928. The lowest BCUT2D eigenvalue weighted by Crippen LogP contribution is -2.16. The molecule has 0 aromatic carbocycles. The van der Waals surface area contributed by atoms with E-state index >= 15 is 0 Å². The van der Waals surface area contributed by atoms with Crippen LogP contribution in [-0.4, -0.2) is 29.1 Å². The van der Waals surface area contributed by atoms with Crippen LogP contribution in [0.1, 0.15) is 0 Å². The van der Waals surface area contributed by atoms with Crippen LogP contribution in [0.2, 0.25) is 0 Å². The van der Waals surface area contributed by atoms with Gasteiger partial charge in [0.1, 0.15) is 4.32 Å². The summed E-state index contributed by atoms with van der Waals surface area (Å²) >= 11 is 6.84. The van der Waals surface area contributed by atoms with E-state index in [4.69, 9.17) is 12.2 Å². The lowest BCUT2D eigenvalue weighted by molar-refractivity contribution is 0.648. The van der Waals surface area contributed by atoms with Crippen LogP contribution in [0.15, 0.2) is 36.0 Å². The Morgan fingerprint density at radius 1 is 1.57 bits per heavy atom. The Morgan fingerprint density at radius 2 is 2.36 bits per heavy atom. The molecule has 74 valence electrons. The molecule has 0 aliphatic heterocycles. The molecule has 0 heterocycles. The van der Waals surface area contributed by atoms with Crippen LogP contribution in [0.3, 0.4) is 0 Å². The highest BCUT2D eigenvalue weighted by Gasteiger charge is 2.03. The average molecular weight is 224 g/mol. The molecule has 0 spiro atoms. The van der Waals surface area contributed by atoms with Gasteiger partial charge in [0.25, 0.3) is 0 Å². The molecule has 1 nitrogen and oxygen atoms in total. The third-order valence-corrected chi connectivity index (χ3v) is 3.35. The lowest BCUT2D eigenvalue weighted by atomic mass is 10.1. The van der Waals surface area contributed by atoms with Crippen molar-refractivity contribution < 1.29 is 0 Å². The van der Waals surface area contributed by atoms with E-state index in [1.807, 2.05) is 37.2 Å². The largest absolute Gasteiger partial charge is 0.364 e. The van der Waals surface area contributed by atoms with Gasteiger partial charge in [0.05, 0.1) is 11.3 Å². The van der Waals surface area contributed by atoms with Gasteiger partial charge >= 0.3 is 0 Å². The molecule has 14 heavy (non-hydrogen) atoms. The fourth-order valence-electron chi connectivity index (χ4n) is 0.927. The Bertz CT molecular complexity index is 288. The van der Waals surface area contributed by atoms with Crippen molar-refractivity contribution in [2.24, 2.45) is 0 Å². The molecule has 3 heteroatoms. The fraction of sp³-hybridized carbons (Fsp3) is 0.273. The second kappa shape index (κ2) is 5.94. The van der Waals surface area contributed by atoms with Crippen molar-refractivity contribution in [1.82, 2.24) is 4.90 Å². The molecule has 0 saturated carbocycles. The van der Waals surface area contributed by atoms with Gasteiger partial charge in [0.2, 0.25) is 0 Å². The van der Waals surface area contributed by atoms with Gasteiger partial charge in [-0.2, -0.15) is 0 Å². The highest BCUT2D eigenvalue weighted by atomic mass is 32.2. The molecule has 1 rings (SSSR count). The van der Waals surface area contributed by atoms with Crippen molar-refractivity contribution in [2.75, 3.05) is 19.8 Å². The summed E-state index contributed by atoms with van der Waals surface area (Å²) < 4.78 is 0.928. The first kappa shape index (κ1) is 11.4. The number of thiocarbonyl (C=S) groups is 1. The van der Waals surface area contributed by atoms with E-state index in [9.17, 15) is 0 Å². The summed E-state index contributed by atoms with van der Waals surface area (Å²) in [7, 11) is 3.94. The minimum Gasteiger partial charge on any atom is -0.364 e. The zero-order valence-electron chi connectivity index (χ0n) is 8.43. The number of thioether (sulfide) groups is 1. The second-order valence-corrected chi connectivity index (χ2v) is 4.74. The van der Waals surface area contributed by atoms with Crippen LogP contribution in [0, 0.1) is 6.42 Å². The quantitative estimate of drug-likeness (QED) is 0.524. The van der Waals surface area contributed by atoms with E-state index < -0.39 is 0 Å². The number of hydrogen-bond donors (Lipinski definition) is 0. The third-order valence-electron chi connectivity index (χ3n) is 1.69. The molecule has 0 unspecified atom stereocenters. The first-order valence-corrected chi connectivity index (χ1v) is 5.82. The maximum absolute atomic E-state index is 5.16. The Kier molecular flexibility index (Phi) is 4.84. The van der Waals surface area contributed by atoms with E-state index in [-0.39, 0.29) is 0 Å². The maximum Gasteiger partial charge on any atom is 0.137 e. The summed E-state index contributed by atoms with van der Waals surface area (Å²) in [6, 6.07) is 0. The molecule has 0 N–H and O–H groups in total. The highest BCUT2D eigenvalue weighted by molar-refractivity contribution is 8.23. The van der Waals surface area contributed by atoms with E-state index in [0.29, 0.717) is 0 Å². The molecule has 1 aliphatic rings. The summed E-state index contributed by atoms with van der Waals surface area (Å²) in [6.07, 6.45) is 12.5. The topological polar surface area (TPSA) is 3.24 Å². The molecule has 0 saturated heterocycles. The van der Waals surface area contributed by atoms with E-state index in [1.165, 1.54) is 5.57 Å². The molecule has 0 radical (unpaired) electrons. The summed E-state index contributed by atoms with van der Waals surface area (Å²) in [5.74, 6) is 0.932. The van der Waals surface area contributed by atoms with Gasteiger partial charge in [-0.1, -0.05) is 24.0 Å². The van der Waals surface area contributed by atoms with Crippen LogP contribution in [-0.2, 0) is 0 Å². The van der Waals surface area contributed by atoms with Crippen molar-refractivity contribution >= 4 is 28.3 Å². The standard InChI is InChI=1S/C11H14NS2/c1-12(2)11(13)14-9-8-10-6-4-3-5-7-10/h3-8H,9H2,1-2H3/q+1. The number of nitrogens with zero attached hydrogens (tertiary/aromatic N) is 1. The van der Waals surface area contributed by atoms with E-state index in [1.54, 1.807) is 11.8 Å². The Morgan fingerprint density at radius 3 is 2.93 bits per heavy atom. The van der Waals surface area contributed by atoms with E-state index in [2.05, 4.69) is 18.6 Å². The first-order valence-electron chi connectivity index (χ1n) is 4.42. The molecule has 0 fully saturated rings. The van der Waals surface area contributed by atoms with Gasteiger partial charge in [-0.05, 0) is 0 Å². The summed E-state index contributed by atoms with van der Waals surface area (Å²) in [5, 5.41) is 0. The molecule has 0 aromatic rings. The van der Waals surface area contributed by atoms with Gasteiger partial charge in [-0.3, -0.25) is 0 Å². The summed E-state index contributed by atoms with van der Waals surface area (Å²) in [4.78, 5) is 1.96. The molecule has 0 bridgehead atoms. The van der Waals surface area contributed by atoms with Gasteiger partial charge in [0, 0.05) is 50.9 Å². The molecule has 0 atom stereocenters. The fourth-order valence-corrected chi connectivity index (χ4v) is 1.81. The summed E-state index contributed by atoms with van der Waals surface area (Å²) in [5.41, 5.74) is 1.25. The highest BCUT2D eigenvalue weighted by Crippen LogP contribution is 2.12. The summed E-state index contributed by atoms with van der Waals surface area (Å²) in [6.45, 7) is 0. The predicted molar refractivity (Wildman–Crippen MR) is 69.4 cm³/mol. The Balaban J connectivity index is 2.30. The third kappa shape index (κ3) is 4.03. The van der Waals surface area contributed by atoms with Crippen molar-refractivity contribution in [2.45, 2.75) is 0 Å². The molecule has 0 aromatic heterocycles. The maximum atomic E-state index is 5.16. The molecule has 0 amide bonds. The number of hydrogen-bond acceptors (Lipinski definition) is 2. The van der Waals surface area contributed by atoms with Crippen LogP contribution in [0.5, 0.6) is 0 Å². The van der Waals surface area contributed by atoms with E-state index in [0.717, 1.165) is 10.1 Å². The van der Waals surface area contributed by atoms with Gasteiger partial charge in [-0.15, -0.1) is 0 Å². The van der Waals surface area contributed by atoms with Crippen LogP contribution in [0.4, 0.5) is 0 Å². The number of rotatable bonds is 2. The molecular weight excluding hydrogens is 210 g/mol. The molecule has 1 aliphatic carbocycles. The van der Waals surface area contributed by atoms with Crippen LogP contribution < -0.4 is 0 Å². The average Bonchev–Trinajstić information content (AvgIpc) is 2.19. The van der Waals surface area contributed by atoms with Crippen molar-refractivity contribution in [3.05, 3.63) is 42.4 Å². The van der Waals surface area contributed by atoms with Gasteiger partial charge in [-0.25, -0.2) is 0 Å². The SMILES string of the molecule is CN(C)C(=S)SC/C=C1\C=CC=C[CH+]1. The predicted octanol–water partition coefficient (Wildman–Crippen LogP) is 2.82. The van der Waals surface area contributed by atoms with Crippen LogP contribution >= 0.6 is 24.0 Å². The van der Waals surface area contributed by atoms with Crippen molar-refractivity contribution in [3.8, 4) is 0 Å². The van der Waals surface area contributed by atoms with Crippen LogP contribution in [0.25, 0.3) is 0 Å². The zero-order valence-corrected chi connectivity index (χ0v) is 10.1. The first-order chi connectivity index (χ1) is 6.70. The Hall–Kier alpha value is -0.670. The van der Waals surface area contributed by atoms with Crippen molar-refractivity contribution in [1.29, 1.82) is 0 Å². The minimum absolute atomic E-state index is 0.928. The zero-order chi connectivity index (χ0) is 10.4. The molecular formula is C11H14NS2+. The normalized spacial score (nSPS) is 16.9. The van der Waals surface area contributed by atoms with Gasteiger partial charge < -0.3 is 4.90 Å². The Labute approximate surface area is 95.6 Å². The van der Waals surface area contributed by atoms with Gasteiger partial charge in [0.15, 0.2) is 0 Å². The second-order valence-electron chi connectivity index (χ2n) is 3.09. The smallest absolute Gasteiger partial charge is 0.137 e. The number of allylic oxidation sites excluding steroid dienone is 5. The van der Waals surface area contributed by atoms with Crippen molar-refractivity contribution in [3.63, 3.8) is 0 Å². The monoisotopic (exact) mass is 224 g/mol.